The number of hydrogen-bond donors (Lipinski definition) is 0. The zero-order chi connectivity index (χ0) is 13.2. The number of benzene rings is 1. The molecule has 100 valence electrons. The Hall–Kier alpha value is -0.970. The smallest absolute Gasteiger partial charge is 0.138 e. The molecule has 0 amide bonds. The molecule has 1 aliphatic heterocycles. The van der Waals surface area contributed by atoms with Gasteiger partial charge >= 0.3 is 0 Å². The SMILES string of the molecule is Cc1ccccc1[C@@H]1CCCN1Cc1nnsc1Cl. The molecule has 5 heteroatoms. The molecule has 0 spiro atoms. The number of hydrogen-bond acceptors (Lipinski definition) is 4. The zero-order valence-corrected chi connectivity index (χ0v) is 12.4. The first kappa shape index (κ1) is 13.0. The first-order valence-corrected chi connectivity index (χ1v) is 7.67. The topological polar surface area (TPSA) is 29.0 Å². The first-order chi connectivity index (χ1) is 9.25. The summed E-state index contributed by atoms with van der Waals surface area (Å²) in [6.45, 7) is 4.09. The maximum Gasteiger partial charge on any atom is 0.138 e. The highest BCUT2D eigenvalue weighted by Crippen LogP contribution is 2.35. The Morgan fingerprint density at radius 2 is 2.26 bits per heavy atom. The number of rotatable bonds is 3. The van der Waals surface area contributed by atoms with E-state index in [-0.39, 0.29) is 0 Å². The molecule has 19 heavy (non-hydrogen) atoms. The van der Waals surface area contributed by atoms with Gasteiger partial charge in [0, 0.05) is 24.1 Å². The van der Waals surface area contributed by atoms with E-state index in [2.05, 4.69) is 45.7 Å². The van der Waals surface area contributed by atoms with Crippen LogP contribution in [-0.2, 0) is 6.54 Å². The van der Waals surface area contributed by atoms with Gasteiger partial charge in [0.05, 0.1) is 0 Å². The van der Waals surface area contributed by atoms with Gasteiger partial charge in [-0.3, -0.25) is 4.90 Å². The minimum atomic E-state index is 0.485. The van der Waals surface area contributed by atoms with Crippen molar-refractivity contribution in [2.45, 2.75) is 32.4 Å². The summed E-state index contributed by atoms with van der Waals surface area (Å²) in [6.07, 6.45) is 2.44. The van der Waals surface area contributed by atoms with Crippen molar-refractivity contribution in [2.24, 2.45) is 0 Å². The number of aromatic nitrogens is 2. The van der Waals surface area contributed by atoms with E-state index in [1.165, 1.54) is 35.5 Å². The summed E-state index contributed by atoms with van der Waals surface area (Å²) in [4.78, 5) is 2.46. The van der Waals surface area contributed by atoms with E-state index < -0.39 is 0 Å². The largest absolute Gasteiger partial charge is 0.290 e. The maximum absolute atomic E-state index is 6.11. The van der Waals surface area contributed by atoms with E-state index in [9.17, 15) is 0 Å². The predicted octanol–water partition coefficient (Wildman–Crippen LogP) is 3.84. The van der Waals surface area contributed by atoms with E-state index in [1.54, 1.807) is 0 Å². The Morgan fingerprint density at radius 1 is 1.42 bits per heavy atom. The van der Waals surface area contributed by atoms with Crippen LogP contribution in [0.15, 0.2) is 24.3 Å². The Morgan fingerprint density at radius 3 is 3.00 bits per heavy atom. The van der Waals surface area contributed by atoms with Gasteiger partial charge in [0.2, 0.25) is 0 Å². The molecule has 0 saturated carbocycles. The van der Waals surface area contributed by atoms with Crippen LogP contribution in [0.2, 0.25) is 4.34 Å². The molecule has 0 aliphatic carbocycles. The van der Waals surface area contributed by atoms with Crippen LogP contribution >= 0.6 is 23.1 Å². The molecule has 1 atom stereocenters. The van der Waals surface area contributed by atoms with Gasteiger partial charge in [0.1, 0.15) is 10.0 Å². The molecule has 2 aromatic rings. The van der Waals surface area contributed by atoms with Crippen molar-refractivity contribution in [3.8, 4) is 0 Å². The average Bonchev–Trinajstić information content (AvgIpc) is 3.01. The quantitative estimate of drug-likeness (QED) is 0.861. The lowest BCUT2D eigenvalue weighted by molar-refractivity contribution is 0.245. The number of nitrogens with zero attached hydrogens (tertiary/aromatic N) is 3. The van der Waals surface area contributed by atoms with Crippen molar-refractivity contribution in [3.05, 3.63) is 45.4 Å². The van der Waals surface area contributed by atoms with E-state index in [1.807, 2.05) is 0 Å². The molecule has 2 heterocycles. The van der Waals surface area contributed by atoms with Crippen molar-refractivity contribution < 1.29 is 0 Å². The van der Waals surface area contributed by atoms with Crippen LogP contribution in [0.4, 0.5) is 0 Å². The molecule has 0 N–H and O–H groups in total. The van der Waals surface area contributed by atoms with Crippen molar-refractivity contribution in [1.29, 1.82) is 0 Å². The minimum absolute atomic E-state index is 0.485. The number of likely N-dealkylation sites (tertiary alicyclic amines) is 1. The molecule has 1 aromatic heterocycles. The Balaban J connectivity index is 1.82. The normalized spacial score (nSPS) is 20.0. The van der Waals surface area contributed by atoms with Crippen LogP contribution in [0.5, 0.6) is 0 Å². The minimum Gasteiger partial charge on any atom is -0.290 e. The second-order valence-electron chi connectivity index (χ2n) is 4.98. The summed E-state index contributed by atoms with van der Waals surface area (Å²) in [5, 5.41) is 4.12. The summed E-state index contributed by atoms with van der Waals surface area (Å²) in [6, 6.07) is 9.12. The van der Waals surface area contributed by atoms with Gasteiger partial charge in [-0.1, -0.05) is 40.4 Å². The molecule has 0 unspecified atom stereocenters. The van der Waals surface area contributed by atoms with E-state index in [0.29, 0.717) is 6.04 Å². The Labute approximate surface area is 122 Å². The Kier molecular flexibility index (Phi) is 3.82. The van der Waals surface area contributed by atoms with Crippen molar-refractivity contribution in [1.82, 2.24) is 14.5 Å². The molecule has 3 nitrogen and oxygen atoms in total. The van der Waals surface area contributed by atoms with Crippen LogP contribution in [0.1, 0.15) is 35.7 Å². The summed E-state index contributed by atoms with van der Waals surface area (Å²) in [5.41, 5.74) is 3.70. The van der Waals surface area contributed by atoms with Crippen LogP contribution in [0.3, 0.4) is 0 Å². The second kappa shape index (κ2) is 5.57. The monoisotopic (exact) mass is 293 g/mol. The van der Waals surface area contributed by atoms with E-state index in [4.69, 9.17) is 11.6 Å². The van der Waals surface area contributed by atoms with E-state index in [0.717, 1.165) is 23.1 Å². The predicted molar refractivity (Wildman–Crippen MR) is 78.5 cm³/mol. The zero-order valence-electron chi connectivity index (χ0n) is 10.8. The number of halogens is 1. The van der Waals surface area contributed by atoms with Gasteiger partial charge in [-0.2, -0.15) is 0 Å². The molecule has 0 bridgehead atoms. The lowest BCUT2D eigenvalue weighted by atomic mass is 9.99. The summed E-state index contributed by atoms with van der Waals surface area (Å²) < 4.78 is 4.63. The third-order valence-electron chi connectivity index (χ3n) is 3.77. The maximum atomic E-state index is 6.11. The third kappa shape index (κ3) is 2.66. The summed E-state index contributed by atoms with van der Waals surface area (Å²) >= 11 is 7.38. The van der Waals surface area contributed by atoms with Crippen LogP contribution < -0.4 is 0 Å². The van der Waals surface area contributed by atoms with Crippen LogP contribution in [0, 0.1) is 6.92 Å². The van der Waals surface area contributed by atoms with Gasteiger partial charge in [0.25, 0.3) is 0 Å². The molecule has 1 fully saturated rings. The van der Waals surface area contributed by atoms with Gasteiger partial charge in [-0.15, -0.1) is 5.10 Å². The molecule has 1 saturated heterocycles. The fourth-order valence-electron chi connectivity index (χ4n) is 2.81. The van der Waals surface area contributed by atoms with Gasteiger partial charge in [-0.05, 0) is 37.4 Å². The molecular formula is C14H16ClN3S. The molecule has 3 rings (SSSR count). The van der Waals surface area contributed by atoms with E-state index >= 15 is 0 Å². The van der Waals surface area contributed by atoms with Gasteiger partial charge < -0.3 is 0 Å². The second-order valence-corrected chi connectivity index (χ2v) is 6.33. The summed E-state index contributed by atoms with van der Waals surface area (Å²) in [7, 11) is 0. The summed E-state index contributed by atoms with van der Waals surface area (Å²) in [5.74, 6) is 0. The fraction of sp³-hybridized carbons (Fsp3) is 0.429. The average molecular weight is 294 g/mol. The third-order valence-corrected chi connectivity index (χ3v) is 4.76. The fourth-order valence-corrected chi connectivity index (χ4v) is 3.42. The van der Waals surface area contributed by atoms with Crippen molar-refractivity contribution in [2.75, 3.05) is 6.54 Å². The van der Waals surface area contributed by atoms with Crippen LogP contribution in [0.25, 0.3) is 0 Å². The molecule has 1 aliphatic rings. The van der Waals surface area contributed by atoms with Gasteiger partial charge in [0.15, 0.2) is 0 Å². The van der Waals surface area contributed by atoms with Crippen molar-refractivity contribution >= 4 is 23.1 Å². The standard InChI is InChI=1S/C14H16ClN3S/c1-10-5-2-3-6-11(10)13-7-4-8-18(13)9-12-14(15)19-17-16-12/h2-3,5-6,13H,4,7-9H2,1H3/t13-/m0/s1. The first-order valence-electron chi connectivity index (χ1n) is 6.52. The van der Waals surface area contributed by atoms with Gasteiger partial charge in [-0.25, -0.2) is 0 Å². The molecule has 1 aromatic carbocycles. The Bertz CT molecular complexity index is 569. The highest BCUT2D eigenvalue weighted by molar-refractivity contribution is 7.10. The number of aryl methyl sites for hydroxylation is 1. The van der Waals surface area contributed by atoms with Crippen molar-refractivity contribution in [3.63, 3.8) is 0 Å². The lowest BCUT2D eigenvalue weighted by Crippen LogP contribution is -2.23. The molecular weight excluding hydrogens is 278 g/mol. The van der Waals surface area contributed by atoms with Crippen LogP contribution in [-0.4, -0.2) is 21.0 Å². The highest BCUT2D eigenvalue weighted by atomic mass is 35.5. The lowest BCUT2D eigenvalue weighted by Gasteiger charge is -2.25. The molecule has 0 radical (unpaired) electrons. The highest BCUT2D eigenvalue weighted by Gasteiger charge is 2.28.